The van der Waals surface area contributed by atoms with Crippen LogP contribution in [-0.2, 0) is 11.4 Å². The first-order valence-electron chi connectivity index (χ1n) is 10.1. The van der Waals surface area contributed by atoms with Crippen molar-refractivity contribution in [2.24, 2.45) is 0 Å². The summed E-state index contributed by atoms with van der Waals surface area (Å²) in [5.41, 5.74) is 1.16. The van der Waals surface area contributed by atoms with Crippen molar-refractivity contribution in [3.8, 4) is 34.5 Å². The molecule has 0 atom stereocenters. The van der Waals surface area contributed by atoms with Crippen molar-refractivity contribution in [3.05, 3.63) is 69.7 Å². The predicted octanol–water partition coefficient (Wildman–Crippen LogP) is 4.36. The minimum Gasteiger partial charge on any atom is -0.495 e. The fourth-order valence-electron chi connectivity index (χ4n) is 3.55. The Morgan fingerprint density at radius 2 is 1.65 bits per heavy atom. The molecule has 0 saturated carbocycles. The maximum atomic E-state index is 13.6. The van der Waals surface area contributed by atoms with E-state index in [4.69, 9.17) is 40.0 Å². The Labute approximate surface area is 200 Å². The molecule has 4 rings (SSSR count). The van der Waals surface area contributed by atoms with Gasteiger partial charge in [-0.1, -0.05) is 23.7 Å². The molecule has 1 aliphatic heterocycles. The van der Waals surface area contributed by atoms with Crippen LogP contribution in [0.5, 0.6) is 34.5 Å². The Kier molecular flexibility index (Phi) is 6.79. The molecule has 0 amide bonds. The molecule has 0 aliphatic carbocycles. The van der Waals surface area contributed by atoms with Gasteiger partial charge in [0.2, 0.25) is 24.6 Å². The Morgan fingerprint density at radius 1 is 0.971 bits per heavy atom. The van der Waals surface area contributed by atoms with E-state index in [0.717, 1.165) is 5.56 Å². The molecule has 0 spiro atoms. The van der Waals surface area contributed by atoms with E-state index in [2.05, 4.69) is 0 Å². The average Bonchev–Trinajstić information content (AvgIpc) is 3.34. The lowest BCUT2D eigenvalue weighted by molar-refractivity contribution is 0.103. The highest BCUT2D eigenvalue weighted by Crippen LogP contribution is 2.45. The average molecular weight is 484 g/mol. The number of ketones is 1. The van der Waals surface area contributed by atoms with Gasteiger partial charge in [0.1, 0.15) is 17.9 Å². The predicted molar refractivity (Wildman–Crippen MR) is 123 cm³/mol. The molecule has 1 radical (unpaired) electrons. The van der Waals surface area contributed by atoms with E-state index in [1.165, 1.54) is 39.5 Å². The molecule has 0 fully saturated rings. The summed E-state index contributed by atoms with van der Waals surface area (Å²) in [6, 6.07) is 11.6. The third-order valence-corrected chi connectivity index (χ3v) is 5.43. The van der Waals surface area contributed by atoms with Crippen molar-refractivity contribution < 1.29 is 38.0 Å². The second-order valence-electron chi connectivity index (χ2n) is 7.12. The van der Waals surface area contributed by atoms with E-state index >= 15 is 0 Å². The fraction of sp³-hybridized carbons (Fsp3) is 0.200. The molecule has 9 heteroatoms. The zero-order chi connectivity index (χ0) is 24.2. The topological polar surface area (TPSA) is 89.5 Å². The number of rotatable bonds is 9. The van der Waals surface area contributed by atoms with E-state index in [-0.39, 0.29) is 58.8 Å². The SMILES string of the molecule is COc1cc(C(=O)c2c(OC)c([C]=O)cc3c2OCO3)cc(OC)c1OCc1ccc(Cl)cc1. The van der Waals surface area contributed by atoms with Crippen molar-refractivity contribution in [3.63, 3.8) is 0 Å². The van der Waals surface area contributed by atoms with Crippen LogP contribution in [-0.4, -0.2) is 40.2 Å². The number of carbonyl (C=O) groups excluding carboxylic acids is 2. The summed E-state index contributed by atoms with van der Waals surface area (Å²) in [6.45, 7) is 0.131. The molecule has 0 unspecified atom stereocenters. The van der Waals surface area contributed by atoms with Crippen LogP contribution in [0, 0.1) is 0 Å². The van der Waals surface area contributed by atoms with Gasteiger partial charge in [-0.3, -0.25) is 9.59 Å². The van der Waals surface area contributed by atoms with Crippen LogP contribution in [0.4, 0.5) is 0 Å². The second-order valence-corrected chi connectivity index (χ2v) is 7.56. The minimum atomic E-state index is -0.489. The number of benzene rings is 3. The number of halogens is 1. The molecule has 0 saturated heterocycles. The number of hydrogen-bond acceptors (Lipinski definition) is 8. The van der Waals surface area contributed by atoms with Gasteiger partial charge >= 0.3 is 0 Å². The van der Waals surface area contributed by atoms with Crippen LogP contribution < -0.4 is 28.4 Å². The van der Waals surface area contributed by atoms with Gasteiger partial charge in [0.25, 0.3) is 0 Å². The highest BCUT2D eigenvalue weighted by Gasteiger charge is 2.31. The van der Waals surface area contributed by atoms with Crippen LogP contribution in [0.1, 0.15) is 27.0 Å². The van der Waals surface area contributed by atoms with E-state index in [1.54, 1.807) is 18.4 Å². The summed E-state index contributed by atoms with van der Waals surface area (Å²) in [5, 5.41) is 0.620. The largest absolute Gasteiger partial charge is 0.495 e. The quantitative estimate of drug-likeness (QED) is 0.415. The number of hydrogen-bond donors (Lipinski definition) is 0. The van der Waals surface area contributed by atoms with Crippen LogP contribution in [0.25, 0.3) is 0 Å². The Hall–Kier alpha value is -3.91. The molecular formula is C25H20ClO8. The van der Waals surface area contributed by atoms with E-state index in [0.29, 0.717) is 10.8 Å². The summed E-state index contributed by atoms with van der Waals surface area (Å²) in [6.07, 6.45) is 1.77. The number of ether oxygens (including phenoxy) is 6. The van der Waals surface area contributed by atoms with E-state index in [9.17, 15) is 9.59 Å². The van der Waals surface area contributed by atoms with E-state index < -0.39 is 5.78 Å². The standard InChI is InChI=1S/C25H20ClO8/c1-29-18-8-15(9-19(30-2)24(18)32-12-14-4-6-17(26)7-5-14)22(28)21-23(31-3)16(11-27)10-20-25(21)34-13-33-20/h4-10H,12-13H2,1-3H3. The van der Waals surface area contributed by atoms with Crippen molar-refractivity contribution in [2.75, 3.05) is 28.1 Å². The molecule has 1 heterocycles. The molecule has 8 nitrogen and oxygen atoms in total. The monoisotopic (exact) mass is 483 g/mol. The van der Waals surface area contributed by atoms with Crippen molar-refractivity contribution >= 4 is 23.7 Å². The lowest BCUT2D eigenvalue weighted by Gasteiger charge is -2.17. The second kappa shape index (κ2) is 9.93. The third-order valence-electron chi connectivity index (χ3n) is 5.18. The Bertz CT molecular complexity index is 1210. The van der Waals surface area contributed by atoms with Crippen LogP contribution in [0.3, 0.4) is 0 Å². The normalized spacial score (nSPS) is 11.6. The summed E-state index contributed by atoms with van der Waals surface area (Å²) < 4.78 is 33.1. The van der Waals surface area contributed by atoms with Crippen LogP contribution in [0.2, 0.25) is 5.02 Å². The van der Waals surface area contributed by atoms with Gasteiger partial charge in [-0.25, -0.2) is 0 Å². The highest BCUT2D eigenvalue weighted by atomic mass is 35.5. The summed E-state index contributed by atoms with van der Waals surface area (Å²) in [7, 11) is 4.26. The summed E-state index contributed by atoms with van der Waals surface area (Å²) >= 11 is 5.94. The maximum absolute atomic E-state index is 13.6. The molecule has 0 N–H and O–H groups in total. The van der Waals surface area contributed by atoms with Gasteiger partial charge in [-0.2, -0.15) is 0 Å². The van der Waals surface area contributed by atoms with Crippen molar-refractivity contribution in [2.45, 2.75) is 6.61 Å². The molecule has 3 aromatic rings. The summed E-state index contributed by atoms with van der Waals surface area (Å²) in [5.74, 6) is 0.862. The van der Waals surface area contributed by atoms with Gasteiger partial charge in [0.05, 0.1) is 26.9 Å². The van der Waals surface area contributed by atoms with Gasteiger partial charge in [-0.15, -0.1) is 0 Å². The first-order chi connectivity index (χ1) is 16.5. The first-order valence-corrected chi connectivity index (χ1v) is 10.4. The molecule has 175 valence electrons. The lowest BCUT2D eigenvalue weighted by Crippen LogP contribution is -2.09. The minimum absolute atomic E-state index is 0.0326. The zero-order valence-electron chi connectivity index (χ0n) is 18.6. The van der Waals surface area contributed by atoms with Crippen molar-refractivity contribution in [1.82, 2.24) is 0 Å². The van der Waals surface area contributed by atoms with Crippen LogP contribution >= 0.6 is 11.6 Å². The fourth-order valence-corrected chi connectivity index (χ4v) is 3.68. The van der Waals surface area contributed by atoms with Gasteiger partial charge in [0.15, 0.2) is 23.0 Å². The van der Waals surface area contributed by atoms with Crippen LogP contribution in [0.15, 0.2) is 42.5 Å². The number of fused-ring (bicyclic) bond motifs is 1. The molecule has 0 aromatic heterocycles. The smallest absolute Gasteiger partial charge is 0.237 e. The highest BCUT2D eigenvalue weighted by molar-refractivity contribution is 6.30. The van der Waals surface area contributed by atoms with Crippen molar-refractivity contribution in [1.29, 1.82) is 0 Å². The van der Waals surface area contributed by atoms with Gasteiger partial charge < -0.3 is 28.4 Å². The Balaban J connectivity index is 1.75. The first kappa shape index (κ1) is 23.3. The van der Waals surface area contributed by atoms with E-state index in [1.807, 2.05) is 12.1 Å². The summed E-state index contributed by atoms with van der Waals surface area (Å²) in [4.78, 5) is 25.1. The third kappa shape index (κ3) is 4.32. The molecule has 0 bridgehead atoms. The zero-order valence-corrected chi connectivity index (χ0v) is 19.4. The number of methoxy groups -OCH3 is 3. The van der Waals surface area contributed by atoms with Gasteiger partial charge in [0, 0.05) is 10.6 Å². The van der Waals surface area contributed by atoms with Gasteiger partial charge in [-0.05, 0) is 35.9 Å². The molecule has 34 heavy (non-hydrogen) atoms. The Morgan fingerprint density at radius 3 is 2.24 bits per heavy atom. The number of carbonyl (C=O) groups is 1. The molecule has 3 aromatic carbocycles. The maximum Gasteiger partial charge on any atom is 0.237 e. The lowest BCUT2D eigenvalue weighted by atomic mass is 9.97. The molecule has 1 aliphatic rings. The molecular weight excluding hydrogens is 464 g/mol.